The Bertz CT molecular complexity index is 423. The van der Waals surface area contributed by atoms with Crippen molar-refractivity contribution in [1.82, 2.24) is 20.0 Å². The van der Waals surface area contributed by atoms with Crippen LogP contribution in [0.2, 0.25) is 0 Å². The van der Waals surface area contributed by atoms with Crippen molar-refractivity contribution >= 4 is 11.7 Å². The molecule has 0 atom stereocenters. The van der Waals surface area contributed by atoms with Gasteiger partial charge in [0, 0.05) is 12.7 Å². The van der Waals surface area contributed by atoms with E-state index in [9.17, 15) is 4.79 Å². The number of aromatic nitrogens is 2. The van der Waals surface area contributed by atoms with Crippen LogP contribution in [0, 0.1) is 5.92 Å². The minimum Gasteiger partial charge on any atom is -0.382 e. The number of anilines is 1. The first-order valence-corrected chi connectivity index (χ1v) is 7.41. The van der Waals surface area contributed by atoms with Crippen molar-refractivity contribution in [2.24, 2.45) is 5.92 Å². The molecule has 0 aliphatic carbocycles. The van der Waals surface area contributed by atoms with E-state index in [4.69, 9.17) is 5.73 Å². The standard InChI is InChI=1S/C14H25N5O/c1-12-3-8-18(9-4-12)7-2-6-16-14(20)11-19-10-5-13(15)17-19/h5,10,12H,2-4,6-9,11H2,1H3,(H2,15,17)(H,16,20). The lowest BCUT2D eigenvalue weighted by atomic mass is 9.99. The highest BCUT2D eigenvalue weighted by Crippen LogP contribution is 2.15. The zero-order chi connectivity index (χ0) is 14.4. The number of carbonyl (C=O) groups excluding carboxylic acids is 1. The summed E-state index contributed by atoms with van der Waals surface area (Å²) in [5, 5.41) is 6.91. The van der Waals surface area contributed by atoms with Crippen LogP contribution in [-0.4, -0.2) is 46.8 Å². The number of carbonyl (C=O) groups is 1. The molecule has 1 amide bonds. The summed E-state index contributed by atoms with van der Waals surface area (Å²) in [5.74, 6) is 1.30. The Labute approximate surface area is 120 Å². The number of rotatable bonds is 6. The maximum atomic E-state index is 11.7. The van der Waals surface area contributed by atoms with Crippen molar-refractivity contribution < 1.29 is 4.79 Å². The third-order valence-corrected chi connectivity index (χ3v) is 3.82. The summed E-state index contributed by atoms with van der Waals surface area (Å²) in [6.07, 6.45) is 5.31. The van der Waals surface area contributed by atoms with Crippen LogP contribution in [0.25, 0.3) is 0 Å². The summed E-state index contributed by atoms with van der Waals surface area (Å²) >= 11 is 0. The summed E-state index contributed by atoms with van der Waals surface area (Å²) in [5.41, 5.74) is 5.50. The molecule has 1 aromatic heterocycles. The largest absolute Gasteiger partial charge is 0.382 e. The number of nitrogens with two attached hydrogens (primary N) is 1. The van der Waals surface area contributed by atoms with Gasteiger partial charge >= 0.3 is 0 Å². The highest BCUT2D eigenvalue weighted by atomic mass is 16.2. The molecule has 0 unspecified atom stereocenters. The van der Waals surface area contributed by atoms with Gasteiger partial charge in [0.05, 0.1) is 0 Å². The van der Waals surface area contributed by atoms with Crippen LogP contribution >= 0.6 is 0 Å². The second kappa shape index (κ2) is 7.28. The topological polar surface area (TPSA) is 76.2 Å². The quantitative estimate of drug-likeness (QED) is 0.752. The number of likely N-dealkylation sites (tertiary alicyclic amines) is 1. The maximum absolute atomic E-state index is 11.7. The summed E-state index contributed by atoms with van der Waals surface area (Å²) < 4.78 is 1.55. The van der Waals surface area contributed by atoms with Crippen LogP contribution in [-0.2, 0) is 11.3 Å². The van der Waals surface area contributed by atoms with Crippen molar-refractivity contribution in [3.8, 4) is 0 Å². The Morgan fingerprint density at radius 3 is 2.90 bits per heavy atom. The number of nitrogens with one attached hydrogen (secondary N) is 1. The van der Waals surface area contributed by atoms with E-state index in [1.54, 1.807) is 16.9 Å². The molecule has 6 nitrogen and oxygen atoms in total. The molecule has 0 saturated carbocycles. The molecule has 1 fully saturated rings. The van der Waals surface area contributed by atoms with E-state index in [1.165, 1.54) is 25.9 Å². The van der Waals surface area contributed by atoms with Crippen molar-refractivity contribution in [3.05, 3.63) is 12.3 Å². The highest BCUT2D eigenvalue weighted by molar-refractivity contribution is 5.75. The molecule has 112 valence electrons. The Kier molecular flexibility index (Phi) is 5.40. The molecule has 0 bridgehead atoms. The first-order chi connectivity index (χ1) is 9.63. The van der Waals surface area contributed by atoms with Gasteiger partial charge < -0.3 is 16.0 Å². The average molecular weight is 279 g/mol. The predicted molar refractivity (Wildman–Crippen MR) is 79.1 cm³/mol. The molecule has 0 spiro atoms. The zero-order valence-corrected chi connectivity index (χ0v) is 12.2. The fourth-order valence-corrected chi connectivity index (χ4v) is 2.48. The van der Waals surface area contributed by atoms with E-state index in [-0.39, 0.29) is 12.5 Å². The van der Waals surface area contributed by atoms with Crippen LogP contribution in [0.1, 0.15) is 26.2 Å². The van der Waals surface area contributed by atoms with E-state index in [1.807, 2.05) is 0 Å². The second-order valence-corrected chi connectivity index (χ2v) is 5.67. The van der Waals surface area contributed by atoms with E-state index >= 15 is 0 Å². The predicted octanol–water partition coefficient (Wildman–Crippen LogP) is 0.704. The van der Waals surface area contributed by atoms with Crippen molar-refractivity contribution in [2.75, 3.05) is 31.9 Å². The highest BCUT2D eigenvalue weighted by Gasteiger charge is 2.14. The Morgan fingerprint density at radius 2 is 2.25 bits per heavy atom. The van der Waals surface area contributed by atoms with E-state index in [0.29, 0.717) is 5.82 Å². The third-order valence-electron chi connectivity index (χ3n) is 3.82. The molecule has 20 heavy (non-hydrogen) atoms. The van der Waals surface area contributed by atoms with Gasteiger partial charge in [0.25, 0.3) is 0 Å². The Hall–Kier alpha value is -1.56. The van der Waals surface area contributed by atoms with Gasteiger partial charge in [-0.15, -0.1) is 0 Å². The minimum absolute atomic E-state index is 0.0135. The molecule has 1 aromatic rings. The number of nitrogens with zero attached hydrogens (tertiary/aromatic N) is 3. The van der Waals surface area contributed by atoms with Crippen molar-refractivity contribution in [3.63, 3.8) is 0 Å². The first-order valence-electron chi connectivity index (χ1n) is 7.41. The summed E-state index contributed by atoms with van der Waals surface area (Å²) in [6, 6.07) is 1.69. The van der Waals surface area contributed by atoms with Crippen LogP contribution in [0.4, 0.5) is 5.82 Å². The molecular weight excluding hydrogens is 254 g/mol. The van der Waals surface area contributed by atoms with E-state index in [0.717, 1.165) is 25.4 Å². The molecular formula is C14H25N5O. The summed E-state index contributed by atoms with van der Waals surface area (Å²) in [4.78, 5) is 14.2. The fourth-order valence-electron chi connectivity index (χ4n) is 2.48. The normalized spacial score (nSPS) is 17.2. The summed E-state index contributed by atoms with van der Waals surface area (Å²) in [7, 11) is 0. The maximum Gasteiger partial charge on any atom is 0.241 e. The van der Waals surface area contributed by atoms with E-state index < -0.39 is 0 Å². The van der Waals surface area contributed by atoms with Crippen LogP contribution in [0.5, 0.6) is 0 Å². The Balaban J connectivity index is 1.55. The second-order valence-electron chi connectivity index (χ2n) is 5.67. The number of hydrogen-bond acceptors (Lipinski definition) is 4. The fraction of sp³-hybridized carbons (Fsp3) is 0.714. The minimum atomic E-state index is -0.0135. The van der Waals surface area contributed by atoms with Gasteiger partial charge in [-0.25, -0.2) is 0 Å². The molecule has 1 saturated heterocycles. The smallest absolute Gasteiger partial charge is 0.241 e. The number of amides is 1. The van der Waals surface area contributed by atoms with Gasteiger partial charge in [-0.3, -0.25) is 9.48 Å². The summed E-state index contributed by atoms with van der Waals surface area (Å²) in [6.45, 7) is 6.74. The van der Waals surface area contributed by atoms with Crippen LogP contribution in [0.15, 0.2) is 12.3 Å². The SMILES string of the molecule is CC1CCN(CCCNC(=O)Cn2ccc(N)n2)CC1. The van der Waals surface area contributed by atoms with Gasteiger partial charge in [0.15, 0.2) is 0 Å². The first kappa shape index (κ1) is 14.8. The number of piperidine rings is 1. The Morgan fingerprint density at radius 1 is 1.50 bits per heavy atom. The molecule has 0 radical (unpaired) electrons. The molecule has 1 aliphatic rings. The van der Waals surface area contributed by atoms with Crippen LogP contribution < -0.4 is 11.1 Å². The van der Waals surface area contributed by atoms with Crippen molar-refractivity contribution in [1.29, 1.82) is 0 Å². The molecule has 1 aliphatic heterocycles. The zero-order valence-electron chi connectivity index (χ0n) is 12.2. The molecule has 6 heteroatoms. The number of hydrogen-bond donors (Lipinski definition) is 2. The third kappa shape index (κ3) is 4.85. The van der Waals surface area contributed by atoms with Crippen molar-refractivity contribution in [2.45, 2.75) is 32.7 Å². The average Bonchev–Trinajstić information content (AvgIpc) is 2.82. The van der Waals surface area contributed by atoms with Gasteiger partial charge in [-0.1, -0.05) is 6.92 Å². The van der Waals surface area contributed by atoms with Gasteiger partial charge in [0.1, 0.15) is 12.4 Å². The molecule has 2 rings (SSSR count). The molecule has 0 aromatic carbocycles. The molecule has 3 N–H and O–H groups in total. The van der Waals surface area contributed by atoms with Gasteiger partial charge in [-0.05, 0) is 50.9 Å². The lowest BCUT2D eigenvalue weighted by Crippen LogP contribution is -2.36. The van der Waals surface area contributed by atoms with Gasteiger partial charge in [-0.2, -0.15) is 5.10 Å². The van der Waals surface area contributed by atoms with Gasteiger partial charge in [0.2, 0.25) is 5.91 Å². The lowest BCUT2D eigenvalue weighted by molar-refractivity contribution is -0.121. The van der Waals surface area contributed by atoms with Crippen LogP contribution in [0.3, 0.4) is 0 Å². The lowest BCUT2D eigenvalue weighted by Gasteiger charge is -2.30. The molecule has 2 heterocycles. The number of nitrogen functional groups attached to an aromatic ring is 1. The monoisotopic (exact) mass is 279 g/mol. The van der Waals surface area contributed by atoms with E-state index in [2.05, 4.69) is 22.2 Å².